The Labute approximate surface area is 193 Å². The minimum absolute atomic E-state index is 0.158. The molecular formula is C26H17FN4OS. The summed E-state index contributed by atoms with van der Waals surface area (Å²) in [4.78, 5) is 4.61. The van der Waals surface area contributed by atoms with E-state index >= 15 is 0 Å². The predicted octanol–water partition coefficient (Wildman–Crippen LogP) is 6.36. The van der Waals surface area contributed by atoms with Crippen molar-refractivity contribution in [2.45, 2.75) is 0 Å². The number of nitrogens with zero attached hydrogens (tertiary/aromatic N) is 4. The van der Waals surface area contributed by atoms with Gasteiger partial charge < -0.3 is 4.74 Å². The van der Waals surface area contributed by atoms with Gasteiger partial charge in [0.2, 0.25) is 0 Å². The van der Waals surface area contributed by atoms with E-state index in [4.69, 9.17) is 9.84 Å². The van der Waals surface area contributed by atoms with Crippen molar-refractivity contribution in [3.05, 3.63) is 95.4 Å². The lowest BCUT2D eigenvalue weighted by atomic mass is 10.1. The molecule has 0 atom stereocenters. The molecule has 5 rings (SSSR count). The molecule has 0 saturated carbocycles. The standard InChI is InChI=1S/C26H17FN4OS/c1-32-23-12-11-17(14-21(23)27)25-19(16-31(30-25)20-7-3-2-4-8-20)13-18(15-28)26-29-22-9-5-6-10-24(22)33-26/h2-14,16H,1H3. The Kier molecular flexibility index (Phi) is 5.43. The highest BCUT2D eigenvalue weighted by Gasteiger charge is 2.16. The average molecular weight is 453 g/mol. The zero-order chi connectivity index (χ0) is 22.8. The number of para-hydroxylation sites is 2. The summed E-state index contributed by atoms with van der Waals surface area (Å²) in [5.41, 5.74) is 3.92. The van der Waals surface area contributed by atoms with Gasteiger partial charge in [-0.25, -0.2) is 14.1 Å². The topological polar surface area (TPSA) is 63.7 Å². The van der Waals surface area contributed by atoms with Crippen molar-refractivity contribution in [2.24, 2.45) is 0 Å². The van der Waals surface area contributed by atoms with Gasteiger partial charge in [-0.3, -0.25) is 0 Å². The Hall–Kier alpha value is -4.28. The average Bonchev–Trinajstić information content (AvgIpc) is 3.47. The Bertz CT molecular complexity index is 1500. The first kappa shape index (κ1) is 20.6. The molecule has 33 heavy (non-hydrogen) atoms. The van der Waals surface area contributed by atoms with Gasteiger partial charge in [-0.15, -0.1) is 11.3 Å². The van der Waals surface area contributed by atoms with Gasteiger partial charge in [0.05, 0.1) is 28.6 Å². The van der Waals surface area contributed by atoms with Crippen molar-refractivity contribution in [1.29, 1.82) is 5.26 Å². The second-order valence-electron chi connectivity index (χ2n) is 7.22. The van der Waals surface area contributed by atoms with Crippen LogP contribution in [-0.4, -0.2) is 21.9 Å². The number of methoxy groups -OCH3 is 1. The van der Waals surface area contributed by atoms with E-state index in [1.165, 1.54) is 24.5 Å². The third kappa shape index (κ3) is 4.00. The Balaban J connectivity index is 1.67. The van der Waals surface area contributed by atoms with Gasteiger partial charge in [0.1, 0.15) is 16.8 Å². The van der Waals surface area contributed by atoms with Crippen LogP contribution in [0.2, 0.25) is 0 Å². The molecule has 0 amide bonds. The van der Waals surface area contributed by atoms with Gasteiger partial charge in [-0.1, -0.05) is 30.3 Å². The fraction of sp³-hybridized carbons (Fsp3) is 0.0385. The number of ether oxygens (including phenoxy) is 1. The molecule has 0 radical (unpaired) electrons. The molecule has 160 valence electrons. The molecule has 0 bridgehead atoms. The summed E-state index contributed by atoms with van der Waals surface area (Å²) in [6.45, 7) is 0. The molecule has 0 fully saturated rings. The number of rotatable bonds is 5. The van der Waals surface area contributed by atoms with E-state index < -0.39 is 5.82 Å². The van der Waals surface area contributed by atoms with Crippen molar-refractivity contribution in [1.82, 2.24) is 14.8 Å². The number of benzene rings is 3. The monoisotopic (exact) mass is 452 g/mol. The molecule has 0 unspecified atom stereocenters. The molecule has 0 aliphatic heterocycles. The zero-order valence-corrected chi connectivity index (χ0v) is 18.4. The van der Waals surface area contributed by atoms with Crippen LogP contribution in [0.5, 0.6) is 5.75 Å². The first-order valence-electron chi connectivity index (χ1n) is 10.1. The van der Waals surface area contributed by atoms with E-state index in [-0.39, 0.29) is 5.75 Å². The lowest BCUT2D eigenvalue weighted by molar-refractivity contribution is 0.386. The van der Waals surface area contributed by atoms with Crippen molar-refractivity contribution in [3.8, 4) is 28.8 Å². The molecule has 0 aliphatic rings. The lowest BCUT2D eigenvalue weighted by Gasteiger charge is -2.04. The first-order chi connectivity index (χ1) is 16.2. The second-order valence-corrected chi connectivity index (χ2v) is 8.25. The smallest absolute Gasteiger partial charge is 0.165 e. The van der Waals surface area contributed by atoms with Crippen molar-refractivity contribution in [3.63, 3.8) is 0 Å². The van der Waals surface area contributed by atoms with E-state index in [0.717, 1.165) is 15.9 Å². The minimum atomic E-state index is -0.481. The van der Waals surface area contributed by atoms with Gasteiger partial charge in [-0.2, -0.15) is 10.4 Å². The summed E-state index contributed by atoms with van der Waals surface area (Å²) >= 11 is 1.46. The molecule has 2 aromatic heterocycles. The normalized spacial score (nSPS) is 11.5. The highest BCUT2D eigenvalue weighted by atomic mass is 32.1. The number of aromatic nitrogens is 3. The molecular weight excluding hydrogens is 435 g/mol. The maximum Gasteiger partial charge on any atom is 0.165 e. The lowest BCUT2D eigenvalue weighted by Crippen LogP contribution is -1.94. The summed E-state index contributed by atoms with van der Waals surface area (Å²) < 4.78 is 22.2. The van der Waals surface area contributed by atoms with Crippen LogP contribution >= 0.6 is 11.3 Å². The van der Waals surface area contributed by atoms with Crippen LogP contribution in [0.4, 0.5) is 4.39 Å². The molecule has 0 spiro atoms. The second kappa shape index (κ2) is 8.69. The fourth-order valence-electron chi connectivity index (χ4n) is 3.53. The third-order valence-electron chi connectivity index (χ3n) is 5.13. The molecule has 2 heterocycles. The fourth-order valence-corrected chi connectivity index (χ4v) is 4.46. The summed E-state index contributed by atoms with van der Waals surface area (Å²) in [7, 11) is 1.42. The highest BCUT2D eigenvalue weighted by molar-refractivity contribution is 7.19. The summed E-state index contributed by atoms with van der Waals surface area (Å²) in [5.74, 6) is -0.323. The van der Waals surface area contributed by atoms with Gasteiger partial charge in [0, 0.05) is 17.3 Å². The maximum atomic E-state index is 14.5. The number of halogens is 1. The van der Waals surface area contributed by atoms with Crippen LogP contribution in [0, 0.1) is 17.1 Å². The van der Waals surface area contributed by atoms with E-state index in [0.29, 0.717) is 27.4 Å². The Morgan fingerprint density at radius 3 is 2.61 bits per heavy atom. The molecule has 7 heteroatoms. The van der Waals surface area contributed by atoms with E-state index in [1.807, 2.05) is 60.8 Å². The Morgan fingerprint density at radius 2 is 1.88 bits per heavy atom. The molecule has 0 aliphatic carbocycles. The summed E-state index contributed by atoms with van der Waals surface area (Å²) in [6.07, 6.45) is 3.58. The van der Waals surface area contributed by atoms with Crippen molar-refractivity contribution >= 4 is 33.2 Å². The summed E-state index contributed by atoms with van der Waals surface area (Å²) in [6, 6.07) is 24.3. The van der Waals surface area contributed by atoms with Crippen LogP contribution in [0.3, 0.4) is 0 Å². The van der Waals surface area contributed by atoms with Crippen LogP contribution in [0.25, 0.3) is 38.8 Å². The van der Waals surface area contributed by atoms with Crippen molar-refractivity contribution < 1.29 is 9.13 Å². The van der Waals surface area contributed by atoms with Crippen LogP contribution in [0.1, 0.15) is 10.6 Å². The highest BCUT2D eigenvalue weighted by Crippen LogP contribution is 2.32. The third-order valence-corrected chi connectivity index (χ3v) is 6.20. The molecule has 5 aromatic rings. The number of nitriles is 1. The minimum Gasteiger partial charge on any atom is -0.494 e. The number of allylic oxidation sites excluding steroid dienone is 1. The number of hydrogen-bond acceptors (Lipinski definition) is 5. The molecule has 3 aromatic carbocycles. The molecule has 5 nitrogen and oxygen atoms in total. The quantitative estimate of drug-likeness (QED) is 0.291. The van der Waals surface area contributed by atoms with E-state index in [9.17, 15) is 9.65 Å². The van der Waals surface area contributed by atoms with Crippen molar-refractivity contribution in [2.75, 3.05) is 7.11 Å². The Morgan fingerprint density at radius 1 is 1.09 bits per heavy atom. The summed E-state index contributed by atoms with van der Waals surface area (Å²) in [5, 5.41) is 15.2. The maximum absolute atomic E-state index is 14.5. The predicted molar refractivity (Wildman–Crippen MR) is 129 cm³/mol. The molecule has 0 N–H and O–H groups in total. The van der Waals surface area contributed by atoms with Gasteiger partial charge in [0.15, 0.2) is 11.6 Å². The SMILES string of the molecule is COc1ccc(-c2nn(-c3ccccc3)cc2C=C(C#N)c2nc3ccccc3s2)cc1F. The number of hydrogen-bond donors (Lipinski definition) is 0. The molecule has 0 saturated heterocycles. The van der Waals surface area contributed by atoms with Crippen LogP contribution in [-0.2, 0) is 0 Å². The zero-order valence-electron chi connectivity index (χ0n) is 17.6. The largest absolute Gasteiger partial charge is 0.494 e. The number of thiazole rings is 1. The van der Waals surface area contributed by atoms with Gasteiger partial charge >= 0.3 is 0 Å². The first-order valence-corrected chi connectivity index (χ1v) is 10.9. The van der Waals surface area contributed by atoms with E-state index in [1.54, 1.807) is 22.9 Å². The van der Waals surface area contributed by atoms with Crippen LogP contribution in [0.15, 0.2) is 79.0 Å². The van der Waals surface area contributed by atoms with Crippen LogP contribution < -0.4 is 4.74 Å². The van der Waals surface area contributed by atoms with Gasteiger partial charge in [-0.05, 0) is 48.5 Å². The van der Waals surface area contributed by atoms with E-state index in [2.05, 4.69) is 11.1 Å². The number of fused-ring (bicyclic) bond motifs is 1. The van der Waals surface area contributed by atoms with Gasteiger partial charge in [0.25, 0.3) is 0 Å².